The van der Waals surface area contributed by atoms with Crippen LogP contribution < -0.4 is 5.73 Å². The van der Waals surface area contributed by atoms with E-state index in [2.05, 4.69) is 0 Å². The maximum atomic E-state index is 11.3. The molecule has 4 nitrogen and oxygen atoms in total. The molecule has 0 aliphatic heterocycles. The third-order valence-corrected chi connectivity index (χ3v) is 1.38. The Bertz CT molecular complexity index is 168. The number of nitrogens with zero attached hydrogens (tertiary/aromatic N) is 1. The van der Waals surface area contributed by atoms with Gasteiger partial charge in [-0.25, -0.2) is 0 Å². The summed E-state index contributed by atoms with van der Waals surface area (Å²) >= 11 is 0. The van der Waals surface area contributed by atoms with Gasteiger partial charge in [-0.15, -0.1) is 0 Å². The highest BCUT2D eigenvalue weighted by Crippen LogP contribution is 1.91. The van der Waals surface area contributed by atoms with E-state index < -0.39 is 6.04 Å². The first kappa shape index (κ1) is 11.1. The van der Waals surface area contributed by atoms with Gasteiger partial charge in [0.2, 0.25) is 5.91 Å². The summed E-state index contributed by atoms with van der Waals surface area (Å²) in [5.41, 5.74) is 5.51. The highest BCUT2D eigenvalue weighted by Gasteiger charge is 2.15. The van der Waals surface area contributed by atoms with Crippen LogP contribution in [0.1, 0.15) is 6.92 Å². The van der Waals surface area contributed by atoms with Crippen molar-refractivity contribution in [3.05, 3.63) is 12.3 Å². The van der Waals surface area contributed by atoms with E-state index in [1.807, 2.05) is 6.92 Å². The third-order valence-electron chi connectivity index (χ3n) is 1.38. The molecule has 0 aromatic carbocycles. The highest BCUT2D eigenvalue weighted by atomic mass is 16.5. The number of carbonyl (C=O) groups excluding carboxylic acids is 1. The summed E-state index contributed by atoms with van der Waals surface area (Å²) in [5, 5.41) is 0. The maximum Gasteiger partial charge on any atom is 0.245 e. The lowest BCUT2D eigenvalue weighted by molar-refractivity contribution is -0.130. The molecule has 0 radical (unpaired) electrons. The zero-order valence-corrected chi connectivity index (χ0v) is 7.78. The molecule has 12 heavy (non-hydrogen) atoms. The molecule has 0 aromatic heterocycles. The third kappa shape index (κ3) is 3.50. The summed E-state index contributed by atoms with van der Waals surface area (Å²) < 4.78 is 4.76. The van der Waals surface area contributed by atoms with E-state index in [1.165, 1.54) is 12.0 Å². The normalized spacial score (nSPS) is 13.3. The van der Waals surface area contributed by atoms with Crippen LogP contribution in [0.2, 0.25) is 0 Å². The van der Waals surface area contributed by atoms with Gasteiger partial charge >= 0.3 is 0 Å². The Balaban J connectivity index is 3.99. The summed E-state index contributed by atoms with van der Waals surface area (Å²) in [6, 6.07) is -0.573. The number of ether oxygens (including phenoxy) is 1. The SMILES string of the molecule is C/C=C/N(C)C(=O)[C@@H](N)COC. The molecular formula is C8H16N2O2. The topological polar surface area (TPSA) is 55.6 Å². The Morgan fingerprint density at radius 3 is 2.75 bits per heavy atom. The fraction of sp³-hybridized carbons (Fsp3) is 0.625. The van der Waals surface area contributed by atoms with Gasteiger partial charge in [0, 0.05) is 20.4 Å². The molecule has 70 valence electrons. The molecule has 0 rings (SSSR count). The zero-order valence-electron chi connectivity index (χ0n) is 7.78. The maximum absolute atomic E-state index is 11.3. The predicted octanol–water partition coefficient (Wildman–Crippen LogP) is -0.0479. The molecule has 0 fully saturated rings. The molecule has 0 unspecified atom stereocenters. The molecule has 4 heteroatoms. The highest BCUT2D eigenvalue weighted by molar-refractivity contribution is 5.82. The molecule has 0 bridgehead atoms. The van der Waals surface area contributed by atoms with Crippen molar-refractivity contribution in [1.82, 2.24) is 4.90 Å². The monoisotopic (exact) mass is 172 g/mol. The van der Waals surface area contributed by atoms with Gasteiger partial charge in [-0.2, -0.15) is 0 Å². The van der Waals surface area contributed by atoms with E-state index in [9.17, 15) is 4.79 Å². The first-order valence-electron chi connectivity index (χ1n) is 3.77. The quantitative estimate of drug-likeness (QED) is 0.647. The number of amides is 1. The van der Waals surface area contributed by atoms with Crippen molar-refractivity contribution in [3.63, 3.8) is 0 Å². The minimum Gasteiger partial charge on any atom is -0.383 e. The Labute approximate surface area is 73.0 Å². The van der Waals surface area contributed by atoms with Crippen LogP contribution in [-0.4, -0.2) is 37.6 Å². The number of rotatable bonds is 4. The minimum atomic E-state index is -0.573. The van der Waals surface area contributed by atoms with E-state index in [1.54, 1.807) is 19.3 Å². The van der Waals surface area contributed by atoms with Crippen molar-refractivity contribution in [2.75, 3.05) is 20.8 Å². The fourth-order valence-corrected chi connectivity index (χ4v) is 0.809. The standard InChI is InChI=1S/C8H16N2O2/c1-4-5-10(2)8(11)7(9)6-12-3/h4-5,7H,6,9H2,1-3H3/b5-4+/t7-/m0/s1. The largest absolute Gasteiger partial charge is 0.383 e. The Morgan fingerprint density at radius 1 is 1.75 bits per heavy atom. The van der Waals surface area contributed by atoms with E-state index in [4.69, 9.17) is 10.5 Å². The van der Waals surface area contributed by atoms with Crippen LogP contribution in [0, 0.1) is 0 Å². The van der Waals surface area contributed by atoms with Gasteiger partial charge in [-0.05, 0) is 6.92 Å². The van der Waals surface area contributed by atoms with Crippen LogP contribution in [0.4, 0.5) is 0 Å². The number of likely N-dealkylation sites (N-methyl/N-ethyl adjacent to an activating group) is 1. The van der Waals surface area contributed by atoms with Crippen LogP contribution >= 0.6 is 0 Å². The number of allylic oxidation sites excluding steroid dienone is 1. The molecule has 0 aromatic rings. The summed E-state index contributed by atoms with van der Waals surface area (Å²) in [4.78, 5) is 12.7. The average Bonchev–Trinajstić information content (AvgIpc) is 2.04. The Morgan fingerprint density at radius 2 is 2.33 bits per heavy atom. The number of hydrogen-bond donors (Lipinski definition) is 1. The van der Waals surface area contributed by atoms with Crippen molar-refractivity contribution < 1.29 is 9.53 Å². The number of nitrogens with two attached hydrogens (primary N) is 1. The van der Waals surface area contributed by atoms with Gasteiger partial charge in [0.25, 0.3) is 0 Å². The van der Waals surface area contributed by atoms with E-state index in [0.29, 0.717) is 0 Å². The summed E-state index contributed by atoms with van der Waals surface area (Å²) in [6.07, 6.45) is 3.44. The second-order valence-electron chi connectivity index (χ2n) is 2.49. The number of carbonyl (C=O) groups is 1. The average molecular weight is 172 g/mol. The fourth-order valence-electron chi connectivity index (χ4n) is 0.809. The van der Waals surface area contributed by atoms with Crippen molar-refractivity contribution in [1.29, 1.82) is 0 Å². The van der Waals surface area contributed by atoms with Gasteiger partial charge in [-0.1, -0.05) is 6.08 Å². The van der Waals surface area contributed by atoms with E-state index >= 15 is 0 Å². The van der Waals surface area contributed by atoms with Crippen LogP contribution in [0.3, 0.4) is 0 Å². The first-order valence-corrected chi connectivity index (χ1v) is 3.77. The van der Waals surface area contributed by atoms with Crippen LogP contribution in [0.25, 0.3) is 0 Å². The smallest absolute Gasteiger partial charge is 0.245 e. The lowest BCUT2D eigenvalue weighted by Gasteiger charge is -2.16. The molecule has 0 aliphatic rings. The molecule has 1 atom stereocenters. The number of methoxy groups -OCH3 is 1. The van der Waals surface area contributed by atoms with Crippen LogP contribution in [0.15, 0.2) is 12.3 Å². The molecule has 0 saturated carbocycles. The minimum absolute atomic E-state index is 0.144. The predicted molar refractivity (Wildman–Crippen MR) is 47.4 cm³/mol. The second kappa shape index (κ2) is 5.74. The van der Waals surface area contributed by atoms with Crippen LogP contribution in [0.5, 0.6) is 0 Å². The van der Waals surface area contributed by atoms with Crippen molar-refractivity contribution in [2.45, 2.75) is 13.0 Å². The molecule has 0 aliphatic carbocycles. The second-order valence-corrected chi connectivity index (χ2v) is 2.49. The van der Waals surface area contributed by atoms with E-state index in [-0.39, 0.29) is 12.5 Å². The van der Waals surface area contributed by atoms with Gasteiger partial charge in [0.05, 0.1) is 6.61 Å². The summed E-state index contributed by atoms with van der Waals surface area (Å²) in [6.45, 7) is 2.09. The van der Waals surface area contributed by atoms with Crippen molar-refractivity contribution in [3.8, 4) is 0 Å². The molecular weight excluding hydrogens is 156 g/mol. The summed E-state index contributed by atoms with van der Waals surface area (Å²) in [5.74, 6) is -0.144. The van der Waals surface area contributed by atoms with Gasteiger partial charge in [0.1, 0.15) is 6.04 Å². The Kier molecular flexibility index (Phi) is 5.32. The number of hydrogen-bond acceptors (Lipinski definition) is 3. The van der Waals surface area contributed by atoms with Gasteiger partial charge in [0.15, 0.2) is 0 Å². The molecule has 0 heterocycles. The lowest BCUT2D eigenvalue weighted by Crippen LogP contribution is -2.42. The molecule has 2 N–H and O–H groups in total. The molecule has 0 saturated heterocycles. The lowest BCUT2D eigenvalue weighted by atomic mass is 10.3. The first-order chi connectivity index (χ1) is 5.63. The Hall–Kier alpha value is -0.870. The van der Waals surface area contributed by atoms with Gasteiger partial charge in [-0.3, -0.25) is 4.79 Å². The van der Waals surface area contributed by atoms with E-state index in [0.717, 1.165) is 0 Å². The van der Waals surface area contributed by atoms with Crippen LogP contribution in [-0.2, 0) is 9.53 Å². The molecule has 0 spiro atoms. The van der Waals surface area contributed by atoms with Crippen molar-refractivity contribution >= 4 is 5.91 Å². The summed E-state index contributed by atoms with van der Waals surface area (Å²) in [7, 11) is 3.18. The van der Waals surface area contributed by atoms with Gasteiger partial charge < -0.3 is 15.4 Å². The molecule has 1 amide bonds. The zero-order chi connectivity index (χ0) is 9.56. The van der Waals surface area contributed by atoms with Crippen molar-refractivity contribution in [2.24, 2.45) is 5.73 Å².